The molecule has 17 heavy (non-hydrogen) atoms. The molecule has 0 saturated carbocycles. The Balaban J connectivity index is 3.16. The third kappa shape index (κ3) is 2.87. The molecule has 1 heterocycles. The lowest BCUT2D eigenvalue weighted by Gasteiger charge is -2.21. The summed E-state index contributed by atoms with van der Waals surface area (Å²) >= 11 is 0. The monoisotopic (exact) mass is 239 g/mol. The number of ether oxygens (including phenoxy) is 2. The number of hydrogen-bond donors (Lipinski definition) is 1. The first kappa shape index (κ1) is 13.3. The predicted octanol–water partition coefficient (Wildman–Crippen LogP) is 1.75. The molecule has 1 aromatic rings. The number of nitrogens with zero attached hydrogens (tertiary/aromatic N) is 1. The summed E-state index contributed by atoms with van der Waals surface area (Å²) in [6.45, 7) is 3.31. The van der Waals surface area contributed by atoms with Gasteiger partial charge in [0.15, 0.2) is 0 Å². The molecule has 0 radical (unpaired) electrons. The summed E-state index contributed by atoms with van der Waals surface area (Å²) in [6, 6.07) is 1.69. The van der Waals surface area contributed by atoms with Crippen molar-refractivity contribution < 1.29 is 19.4 Å². The third-order valence-electron chi connectivity index (χ3n) is 2.58. The Kier molecular flexibility index (Phi) is 3.93. The van der Waals surface area contributed by atoms with Crippen LogP contribution in [0.3, 0.4) is 0 Å². The van der Waals surface area contributed by atoms with Gasteiger partial charge in [0.05, 0.1) is 25.2 Å². The number of methoxy groups -OCH3 is 2. The van der Waals surface area contributed by atoms with Gasteiger partial charge in [0.1, 0.15) is 5.75 Å². The lowest BCUT2D eigenvalue weighted by atomic mass is 9.86. The zero-order valence-electron chi connectivity index (χ0n) is 10.5. The summed E-state index contributed by atoms with van der Waals surface area (Å²) < 4.78 is 10.3. The van der Waals surface area contributed by atoms with E-state index in [-0.39, 0.29) is 0 Å². The van der Waals surface area contributed by atoms with Gasteiger partial charge in [-0.25, -0.2) is 4.98 Å². The molecule has 0 aromatic carbocycles. The van der Waals surface area contributed by atoms with Crippen LogP contribution >= 0.6 is 0 Å². The smallest absolute Gasteiger partial charge is 0.309 e. The Morgan fingerprint density at radius 2 is 2.06 bits per heavy atom. The van der Waals surface area contributed by atoms with Crippen molar-refractivity contribution in [1.82, 2.24) is 4.98 Å². The molecular formula is C12H17NO4. The van der Waals surface area contributed by atoms with Gasteiger partial charge >= 0.3 is 5.97 Å². The topological polar surface area (TPSA) is 68.7 Å². The predicted molar refractivity (Wildman–Crippen MR) is 62.5 cm³/mol. The maximum absolute atomic E-state index is 11.1. The Morgan fingerprint density at radius 1 is 1.41 bits per heavy atom. The zero-order valence-corrected chi connectivity index (χ0v) is 10.5. The summed E-state index contributed by atoms with van der Waals surface area (Å²) in [6.07, 6.45) is 1.86. The molecule has 94 valence electrons. The minimum atomic E-state index is -0.899. The first-order valence-electron chi connectivity index (χ1n) is 5.21. The van der Waals surface area contributed by atoms with Gasteiger partial charge in [0.2, 0.25) is 5.88 Å². The molecule has 1 aromatic heterocycles. The number of carboxylic acids is 1. The molecule has 0 aliphatic heterocycles. The third-order valence-corrected chi connectivity index (χ3v) is 2.58. The van der Waals surface area contributed by atoms with Crippen molar-refractivity contribution in [3.05, 3.63) is 17.8 Å². The van der Waals surface area contributed by atoms with Crippen LogP contribution in [-0.4, -0.2) is 30.3 Å². The fraction of sp³-hybridized carbons (Fsp3) is 0.500. The van der Waals surface area contributed by atoms with Crippen LogP contribution in [-0.2, 0) is 11.2 Å². The highest BCUT2D eigenvalue weighted by atomic mass is 16.5. The molecule has 0 spiro atoms. The Hall–Kier alpha value is -1.78. The van der Waals surface area contributed by atoms with Crippen molar-refractivity contribution in [3.63, 3.8) is 0 Å². The first-order chi connectivity index (χ1) is 7.92. The fourth-order valence-electron chi connectivity index (χ4n) is 1.50. The van der Waals surface area contributed by atoms with Gasteiger partial charge in [0.25, 0.3) is 0 Å². The van der Waals surface area contributed by atoms with Gasteiger partial charge in [0, 0.05) is 6.20 Å². The van der Waals surface area contributed by atoms with E-state index in [1.54, 1.807) is 26.1 Å². The van der Waals surface area contributed by atoms with E-state index in [9.17, 15) is 4.79 Å². The molecule has 0 atom stereocenters. The summed E-state index contributed by atoms with van der Waals surface area (Å²) in [5, 5.41) is 9.13. The van der Waals surface area contributed by atoms with Crippen LogP contribution in [0.15, 0.2) is 12.3 Å². The molecule has 0 amide bonds. The highest BCUT2D eigenvalue weighted by Crippen LogP contribution is 2.33. The summed E-state index contributed by atoms with van der Waals surface area (Å²) in [5.74, 6) is 0.121. The van der Waals surface area contributed by atoms with Crippen LogP contribution in [0.25, 0.3) is 0 Å². The molecule has 0 aliphatic carbocycles. The fourth-order valence-corrected chi connectivity index (χ4v) is 1.50. The Morgan fingerprint density at radius 3 is 2.53 bits per heavy atom. The second-order valence-corrected chi connectivity index (χ2v) is 4.37. The zero-order chi connectivity index (χ0) is 13.1. The lowest BCUT2D eigenvalue weighted by Crippen LogP contribution is -2.26. The van der Waals surface area contributed by atoms with E-state index in [1.807, 2.05) is 0 Å². The maximum atomic E-state index is 11.1. The van der Waals surface area contributed by atoms with Crippen LogP contribution in [0.2, 0.25) is 0 Å². The minimum Gasteiger partial charge on any atom is -0.496 e. The molecule has 0 bridgehead atoms. The minimum absolute atomic E-state index is 0.294. The second-order valence-electron chi connectivity index (χ2n) is 4.37. The van der Waals surface area contributed by atoms with E-state index < -0.39 is 11.4 Å². The van der Waals surface area contributed by atoms with Crippen molar-refractivity contribution in [2.24, 2.45) is 5.41 Å². The van der Waals surface area contributed by atoms with Crippen LogP contribution in [0.1, 0.15) is 19.4 Å². The molecule has 0 saturated heterocycles. The van der Waals surface area contributed by atoms with E-state index in [2.05, 4.69) is 4.98 Å². The Labute approximate surface area is 100 Å². The maximum Gasteiger partial charge on any atom is 0.309 e. The van der Waals surface area contributed by atoms with Crippen molar-refractivity contribution in [2.75, 3.05) is 14.2 Å². The largest absolute Gasteiger partial charge is 0.496 e. The average Bonchev–Trinajstić information content (AvgIpc) is 2.28. The van der Waals surface area contributed by atoms with E-state index in [4.69, 9.17) is 14.6 Å². The number of carboxylic acid groups (broad SMARTS) is 1. The molecular weight excluding hydrogens is 222 g/mol. The van der Waals surface area contributed by atoms with Crippen LogP contribution in [0.5, 0.6) is 11.6 Å². The van der Waals surface area contributed by atoms with Gasteiger partial charge in [-0.15, -0.1) is 0 Å². The normalized spacial score (nSPS) is 11.1. The summed E-state index contributed by atoms with van der Waals surface area (Å²) in [4.78, 5) is 15.2. The quantitative estimate of drug-likeness (QED) is 0.847. The van der Waals surface area contributed by atoms with Gasteiger partial charge < -0.3 is 14.6 Å². The van der Waals surface area contributed by atoms with Crippen LogP contribution in [0, 0.1) is 5.41 Å². The van der Waals surface area contributed by atoms with Gasteiger partial charge in [-0.05, 0) is 26.3 Å². The summed E-state index contributed by atoms with van der Waals surface area (Å²) in [7, 11) is 3.03. The number of aromatic nitrogens is 1. The van der Waals surface area contributed by atoms with E-state index >= 15 is 0 Å². The van der Waals surface area contributed by atoms with Gasteiger partial charge in [-0.1, -0.05) is 0 Å². The molecule has 5 nitrogen and oxygen atoms in total. The number of carbonyl (C=O) groups is 1. The molecule has 1 N–H and O–H groups in total. The van der Waals surface area contributed by atoms with Crippen molar-refractivity contribution in [2.45, 2.75) is 20.3 Å². The number of rotatable bonds is 5. The SMILES string of the molecule is COc1ccnc(OC)c1CC(C)(C)C(=O)O. The first-order valence-corrected chi connectivity index (χ1v) is 5.21. The average molecular weight is 239 g/mol. The highest BCUT2D eigenvalue weighted by Gasteiger charge is 2.30. The molecule has 0 unspecified atom stereocenters. The molecule has 0 aliphatic rings. The lowest BCUT2D eigenvalue weighted by molar-refractivity contribution is -0.146. The van der Waals surface area contributed by atoms with E-state index in [0.29, 0.717) is 23.6 Å². The van der Waals surface area contributed by atoms with Gasteiger partial charge in [-0.3, -0.25) is 4.79 Å². The molecule has 1 rings (SSSR count). The van der Waals surface area contributed by atoms with E-state index in [1.165, 1.54) is 14.2 Å². The van der Waals surface area contributed by atoms with Crippen LogP contribution in [0.4, 0.5) is 0 Å². The van der Waals surface area contributed by atoms with E-state index in [0.717, 1.165) is 0 Å². The Bertz CT molecular complexity index is 393. The van der Waals surface area contributed by atoms with Gasteiger partial charge in [-0.2, -0.15) is 0 Å². The van der Waals surface area contributed by atoms with Crippen LogP contribution < -0.4 is 9.47 Å². The molecule has 5 heteroatoms. The second kappa shape index (κ2) is 5.03. The number of pyridine rings is 1. The summed E-state index contributed by atoms with van der Waals surface area (Å²) in [5.41, 5.74) is -0.228. The standard InChI is InChI=1S/C12H17NO4/c1-12(2,11(14)15)7-8-9(16-3)5-6-13-10(8)17-4/h5-6H,7H2,1-4H3,(H,14,15). The van der Waals surface area contributed by atoms with Crippen molar-refractivity contribution in [3.8, 4) is 11.6 Å². The van der Waals surface area contributed by atoms with Crippen molar-refractivity contribution in [1.29, 1.82) is 0 Å². The van der Waals surface area contributed by atoms with Crippen molar-refractivity contribution >= 4 is 5.97 Å². The highest BCUT2D eigenvalue weighted by molar-refractivity contribution is 5.74. The molecule has 0 fully saturated rings. The number of hydrogen-bond acceptors (Lipinski definition) is 4. The number of aliphatic carboxylic acids is 1.